The molecule has 0 saturated heterocycles. The number of carbonyl (C=O) groups is 1. The van der Waals surface area contributed by atoms with E-state index in [-0.39, 0.29) is 11.8 Å². The van der Waals surface area contributed by atoms with E-state index in [9.17, 15) is 9.18 Å². The van der Waals surface area contributed by atoms with Crippen molar-refractivity contribution in [2.75, 3.05) is 11.9 Å². The minimum Gasteiger partial charge on any atom is -0.338 e. The fourth-order valence-corrected chi connectivity index (χ4v) is 3.10. The van der Waals surface area contributed by atoms with Crippen LogP contribution in [0.25, 0.3) is 28.3 Å². The number of hydrogen-bond donors (Lipinski definition) is 2. The van der Waals surface area contributed by atoms with Gasteiger partial charge in [0, 0.05) is 23.4 Å². The molecule has 2 amide bonds. The van der Waals surface area contributed by atoms with Gasteiger partial charge in [0.1, 0.15) is 11.5 Å². The number of halogens is 2. The number of benzene rings is 2. The zero-order valence-electron chi connectivity index (χ0n) is 15.4. The summed E-state index contributed by atoms with van der Waals surface area (Å²) in [5.74, 6) is 0.0443. The van der Waals surface area contributed by atoms with Crippen LogP contribution in [-0.2, 0) is 0 Å². The van der Waals surface area contributed by atoms with E-state index in [0.717, 1.165) is 5.56 Å². The van der Waals surface area contributed by atoms with Crippen molar-refractivity contribution in [1.82, 2.24) is 24.9 Å². The molecule has 0 radical (unpaired) electrons. The van der Waals surface area contributed by atoms with Crippen LogP contribution in [0.3, 0.4) is 0 Å². The molecule has 0 fully saturated rings. The van der Waals surface area contributed by atoms with Crippen LogP contribution in [0.1, 0.15) is 6.92 Å². The Kier molecular flexibility index (Phi) is 5.22. The van der Waals surface area contributed by atoms with Gasteiger partial charge in [-0.3, -0.25) is 0 Å². The zero-order chi connectivity index (χ0) is 20.4. The number of rotatable bonds is 4. The van der Waals surface area contributed by atoms with Crippen molar-refractivity contribution in [3.63, 3.8) is 0 Å². The number of imidazole rings is 1. The van der Waals surface area contributed by atoms with Gasteiger partial charge in [-0.15, -0.1) is 0 Å². The predicted octanol–water partition coefficient (Wildman–Crippen LogP) is 4.50. The topological polar surface area (TPSA) is 84.2 Å². The zero-order valence-corrected chi connectivity index (χ0v) is 16.9. The molecule has 29 heavy (non-hydrogen) atoms. The molecule has 0 saturated carbocycles. The molecule has 2 aromatic heterocycles. The number of urea groups is 1. The summed E-state index contributed by atoms with van der Waals surface area (Å²) in [7, 11) is 0. The summed E-state index contributed by atoms with van der Waals surface area (Å²) in [4.78, 5) is 20.4. The number of hydrogen-bond acceptors (Lipinski definition) is 4. The smallest absolute Gasteiger partial charge is 0.319 e. The molecule has 4 aromatic rings. The summed E-state index contributed by atoms with van der Waals surface area (Å²) in [6.07, 6.45) is 3.22. The molecule has 0 unspecified atom stereocenters. The lowest BCUT2D eigenvalue weighted by Gasteiger charge is -2.08. The van der Waals surface area contributed by atoms with E-state index in [1.54, 1.807) is 35.1 Å². The maximum absolute atomic E-state index is 13.9. The van der Waals surface area contributed by atoms with Crippen LogP contribution in [0.2, 0.25) is 0 Å². The second-order valence-electron chi connectivity index (χ2n) is 6.19. The van der Waals surface area contributed by atoms with Crippen LogP contribution in [0.5, 0.6) is 0 Å². The van der Waals surface area contributed by atoms with Crippen LogP contribution in [0.4, 0.5) is 14.9 Å². The van der Waals surface area contributed by atoms with Crippen molar-refractivity contribution in [3.05, 3.63) is 65.1 Å². The molecule has 2 N–H and O–H groups in total. The normalized spacial score (nSPS) is 10.9. The Balaban J connectivity index is 1.73. The molecule has 4 rings (SSSR count). The SMILES string of the molecule is CCNC(=O)Nc1cccc(-c2cnc3ncc(-c4ccc(Br)c(F)c4)nn23)c1. The van der Waals surface area contributed by atoms with Crippen molar-refractivity contribution in [2.24, 2.45) is 0 Å². The number of aromatic nitrogens is 4. The van der Waals surface area contributed by atoms with Crippen LogP contribution in [0, 0.1) is 5.82 Å². The van der Waals surface area contributed by atoms with Gasteiger partial charge < -0.3 is 10.6 Å². The highest BCUT2D eigenvalue weighted by Crippen LogP contribution is 2.26. The van der Waals surface area contributed by atoms with Gasteiger partial charge in [-0.25, -0.2) is 19.2 Å². The maximum Gasteiger partial charge on any atom is 0.319 e. The minimum absolute atomic E-state index is 0.276. The van der Waals surface area contributed by atoms with Gasteiger partial charge in [0.25, 0.3) is 5.78 Å². The Morgan fingerprint density at radius 1 is 1.14 bits per heavy atom. The molecular formula is C20H16BrFN6O. The molecule has 146 valence electrons. The molecule has 0 aliphatic rings. The molecule has 2 heterocycles. The number of nitrogens with one attached hydrogen (secondary N) is 2. The Bertz CT molecular complexity index is 1210. The molecule has 0 aliphatic carbocycles. The fraction of sp³-hybridized carbons (Fsp3) is 0.100. The third kappa shape index (κ3) is 3.95. The van der Waals surface area contributed by atoms with Gasteiger partial charge in [-0.05, 0) is 47.1 Å². The van der Waals surface area contributed by atoms with Crippen LogP contribution in [0.15, 0.2) is 59.3 Å². The van der Waals surface area contributed by atoms with E-state index < -0.39 is 0 Å². The Hall–Kier alpha value is -3.33. The average Bonchev–Trinajstić information content (AvgIpc) is 3.13. The third-order valence-corrected chi connectivity index (χ3v) is 4.84. The largest absolute Gasteiger partial charge is 0.338 e. The Labute approximate surface area is 174 Å². The summed E-state index contributed by atoms with van der Waals surface area (Å²) < 4.78 is 15.9. The van der Waals surface area contributed by atoms with E-state index in [0.29, 0.717) is 39.4 Å². The summed E-state index contributed by atoms with van der Waals surface area (Å²) in [6, 6.07) is 11.8. The molecule has 2 aromatic carbocycles. The van der Waals surface area contributed by atoms with E-state index in [1.807, 2.05) is 25.1 Å². The van der Waals surface area contributed by atoms with Gasteiger partial charge in [-0.2, -0.15) is 9.61 Å². The first-order valence-corrected chi connectivity index (χ1v) is 9.66. The lowest BCUT2D eigenvalue weighted by atomic mass is 10.1. The monoisotopic (exact) mass is 454 g/mol. The third-order valence-electron chi connectivity index (χ3n) is 4.20. The van der Waals surface area contributed by atoms with Crippen LogP contribution in [-0.4, -0.2) is 32.2 Å². The second-order valence-corrected chi connectivity index (χ2v) is 7.05. The van der Waals surface area contributed by atoms with Crippen LogP contribution >= 0.6 is 15.9 Å². The first-order chi connectivity index (χ1) is 14.0. The first-order valence-electron chi connectivity index (χ1n) is 8.86. The molecule has 0 bridgehead atoms. The van der Waals surface area contributed by atoms with Crippen molar-refractivity contribution >= 4 is 33.4 Å². The van der Waals surface area contributed by atoms with Gasteiger partial charge in [0.2, 0.25) is 0 Å². The molecule has 9 heteroatoms. The van der Waals surface area contributed by atoms with Crippen molar-refractivity contribution in [2.45, 2.75) is 6.92 Å². The highest BCUT2D eigenvalue weighted by atomic mass is 79.9. The highest BCUT2D eigenvalue weighted by molar-refractivity contribution is 9.10. The highest BCUT2D eigenvalue weighted by Gasteiger charge is 2.12. The molecule has 0 atom stereocenters. The Morgan fingerprint density at radius 3 is 2.76 bits per heavy atom. The van der Waals surface area contributed by atoms with E-state index in [2.05, 4.69) is 41.6 Å². The molecule has 7 nitrogen and oxygen atoms in total. The standard InChI is InChI=1S/C20H16BrFN6O/c1-2-23-20(29)26-14-5-3-4-13(8-14)18-11-25-19-24-10-17(27-28(18)19)12-6-7-15(21)16(22)9-12/h3-11H,2H2,1H3,(H2,23,26,29). The molecular weight excluding hydrogens is 439 g/mol. The number of anilines is 1. The summed E-state index contributed by atoms with van der Waals surface area (Å²) in [6.45, 7) is 2.38. The summed E-state index contributed by atoms with van der Waals surface area (Å²) >= 11 is 3.15. The van der Waals surface area contributed by atoms with Gasteiger partial charge in [0.15, 0.2) is 0 Å². The van der Waals surface area contributed by atoms with Crippen molar-refractivity contribution in [1.29, 1.82) is 0 Å². The van der Waals surface area contributed by atoms with Crippen LogP contribution < -0.4 is 10.6 Å². The van der Waals surface area contributed by atoms with Crippen molar-refractivity contribution in [3.8, 4) is 22.5 Å². The lowest BCUT2D eigenvalue weighted by Crippen LogP contribution is -2.28. The minimum atomic E-state index is -0.376. The molecule has 0 spiro atoms. The maximum atomic E-state index is 13.9. The number of amides is 2. The lowest BCUT2D eigenvalue weighted by molar-refractivity contribution is 0.252. The summed E-state index contributed by atoms with van der Waals surface area (Å²) in [5, 5.41) is 10.1. The average molecular weight is 455 g/mol. The number of nitrogens with zero attached hydrogens (tertiary/aromatic N) is 4. The summed E-state index contributed by atoms with van der Waals surface area (Å²) in [5.41, 5.74) is 3.26. The Morgan fingerprint density at radius 2 is 1.97 bits per heavy atom. The van der Waals surface area contributed by atoms with Gasteiger partial charge in [0.05, 0.1) is 22.6 Å². The van der Waals surface area contributed by atoms with E-state index in [4.69, 9.17) is 0 Å². The molecule has 0 aliphatic heterocycles. The van der Waals surface area contributed by atoms with Crippen molar-refractivity contribution < 1.29 is 9.18 Å². The van der Waals surface area contributed by atoms with Gasteiger partial charge in [-0.1, -0.05) is 18.2 Å². The van der Waals surface area contributed by atoms with E-state index in [1.165, 1.54) is 6.07 Å². The quantitative estimate of drug-likeness (QED) is 0.475. The van der Waals surface area contributed by atoms with E-state index >= 15 is 0 Å². The second kappa shape index (κ2) is 7.96. The van der Waals surface area contributed by atoms with Gasteiger partial charge >= 0.3 is 6.03 Å². The first kappa shape index (κ1) is 19.0. The predicted molar refractivity (Wildman–Crippen MR) is 112 cm³/mol. The number of fused-ring (bicyclic) bond motifs is 1. The fourth-order valence-electron chi connectivity index (χ4n) is 2.85. The number of carbonyl (C=O) groups excluding carboxylic acids is 1.